The Bertz CT molecular complexity index is 956. The van der Waals surface area contributed by atoms with Gasteiger partial charge in [0.2, 0.25) is 0 Å². The van der Waals surface area contributed by atoms with E-state index in [2.05, 4.69) is 22.4 Å². The lowest BCUT2D eigenvalue weighted by Crippen LogP contribution is -2.21. The van der Waals surface area contributed by atoms with E-state index in [4.69, 9.17) is 0 Å². The zero-order chi connectivity index (χ0) is 16.4. The maximum absolute atomic E-state index is 12.4. The zero-order valence-electron chi connectivity index (χ0n) is 12.7. The summed E-state index contributed by atoms with van der Waals surface area (Å²) < 4.78 is 1.13. The molecule has 0 aliphatic heterocycles. The van der Waals surface area contributed by atoms with Crippen molar-refractivity contribution in [2.75, 3.05) is 0 Å². The number of aromatic nitrogens is 1. The van der Waals surface area contributed by atoms with Crippen LogP contribution in [0.5, 0.6) is 0 Å². The van der Waals surface area contributed by atoms with Crippen molar-refractivity contribution in [3.8, 4) is 10.4 Å². The van der Waals surface area contributed by atoms with Crippen LogP contribution in [0.25, 0.3) is 20.5 Å². The normalized spacial score (nSPS) is 10.8. The molecule has 4 rings (SSSR count). The summed E-state index contributed by atoms with van der Waals surface area (Å²) in [5, 5.41) is 6.14. The molecule has 0 radical (unpaired) electrons. The second-order valence-electron chi connectivity index (χ2n) is 5.39. The highest BCUT2D eigenvalue weighted by Crippen LogP contribution is 2.26. The molecule has 5 heteroatoms. The summed E-state index contributed by atoms with van der Waals surface area (Å²) in [6.45, 7) is 0.472. The van der Waals surface area contributed by atoms with Crippen LogP contribution >= 0.6 is 22.7 Å². The van der Waals surface area contributed by atoms with Crippen LogP contribution in [-0.2, 0) is 6.54 Å². The van der Waals surface area contributed by atoms with Crippen LogP contribution in [0.1, 0.15) is 15.2 Å². The van der Waals surface area contributed by atoms with E-state index in [0.717, 1.165) is 26.1 Å². The zero-order valence-corrected chi connectivity index (χ0v) is 14.4. The van der Waals surface area contributed by atoms with Gasteiger partial charge in [0, 0.05) is 34.1 Å². The van der Waals surface area contributed by atoms with E-state index >= 15 is 0 Å². The molecule has 1 amide bonds. The lowest BCUT2D eigenvalue weighted by molar-refractivity contribution is 0.0955. The Labute approximate surface area is 147 Å². The molecule has 0 spiro atoms. The number of nitrogens with one attached hydrogen (secondary N) is 1. The molecule has 24 heavy (non-hydrogen) atoms. The van der Waals surface area contributed by atoms with Crippen molar-refractivity contribution >= 4 is 38.7 Å². The maximum Gasteiger partial charge on any atom is 0.261 e. The Morgan fingerprint density at radius 2 is 2.00 bits per heavy atom. The molecule has 1 aromatic carbocycles. The predicted octanol–water partition coefficient (Wildman–Crippen LogP) is 4.95. The van der Waals surface area contributed by atoms with Gasteiger partial charge in [0.15, 0.2) is 0 Å². The van der Waals surface area contributed by atoms with Gasteiger partial charge in [0.1, 0.15) is 0 Å². The number of carbonyl (C=O) groups excluding carboxylic acids is 1. The van der Waals surface area contributed by atoms with E-state index < -0.39 is 0 Å². The minimum absolute atomic E-state index is 0.0438. The molecular formula is C19H14N2OS2. The van der Waals surface area contributed by atoms with Crippen molar-refractivity contribution in [2.24, 2.45) is 0 Å². The number of hydrogen-bond donors (Lipinski definition) is 1. The van der Waals surface area contributed by atoms with Crippen molar-refractivity contribution in [3.05, 3.63) is 76.7 Å². The van der Waals surface area contributed by atoms with Crippen LogP contribution in [0, 0.1) is 0 Å². The summed E-state index contributed by atoms with van der Waals surface area (Å²) >= 11 is 3.20. The number of fused-ring (bicyclic) bond motifs is 1. The van der Waals surface area contributed by atoms with E-state index in [1.807, 2.05) is 48.0 Å². The Kier molecular flexibility index (Phi) is 4.11. The first-order chi connectivity index (χ1) is 11.8. The fraction of sp³-hybridized carbons (Fsp3) is 0.0526. The van der Waals surface area contributed by atoms with Gasteiger partial charge in [0.25, 0.3) is 5.91 Å². The van der Waals surface area contributed by atoms with Crippen molar-refractivity contribution in [3.63, 3.8) is 0 Å². The van der Waals surface area contributed by atoms with Gasteiger partial charge in [-0.3, -0.25) is 9.78 Å². The third kappa shape index (κ3) is 3.09. The minimum atomic E-state index is -0.0438. The van der Waals surface area contributed by atoms with Gasteiger partial charge in [-0.25, -0.2) is 0 Å². The van der Waals surface area contributed by atoms with Crippen LogP contribution in [0.2, 0.25) is 0 Å². The molecule has 0 saturated heterocycles. The summed E-state index contributed by atoms with van der Waals surface area (Å²) in [6.07, 6.45) is 3.64. The summed E-state index contributed by atoms with van der Waals surface area (Å²) in [5.74, 6) is -0.0438. The van der Waals surface area contributed by atoms with Gasteiger partial charge in [-0.1, -0.05) is 24.3 Å². The SMILES string of the molecule is O=C(NCc1cncc(-c2cccs2)c1)c1cc2ccccc2s1. The lowest BCUT2D eigenvalue weighted by Gasteiger charge is -2.05. The summed E-state index contributed by atoms with van der Waals surface area (Å²) in [4.78, 5) is 18.6. The molecule has 0 fully saturated rings. The lowest BCUT2D eigenvalue weighted by atomic mass is 10.2. The van der Waals surface area contributed by atoms with Crippen molar-refractivity contribution in [2.45, 2.75) is 6.54 Å². The number of carbonyl (C=O) groups is 1. The number of nitrogens with zero attached hydrogens (tertiary/aromatic N) is 1. The fourth-order valence-electron chi connectivity index (χ4n) is 2.53. The second-order valence-corrected chi connectivity index (χ2v) is 7.42. The molecule has 3 heterocycles. The molecule has 1 N–H and O–H groups in total. The van der Waals surface area contributed by atoms with Gasteiger partial charge >= 0.3 is 0 Å². The monoisotopic (exact) mass is 350 g/mol. The van der Waals surface area contributed by atoms with E-state index in [9.17, 15) is 4.79 Å². The average molecular weight is 350 g/mol. The first kappa shape index (κ1) is 15.1. The van der Waals surface area contributed by atoms with Gasteiger partial charge in [-0.15, -0.1) is 22.7 Å². The third-order valence-corrected chi connectivity index (χ3v) is 5.74. The van der Waals surface area contributed by atoms with E-state index in [1.54, 1.807) is 17.5 Å². The molecule has 0 aliphatic carbocycles. The van der Waals surface area contributed by atoms with Crippen LogP contribution in [0.4, 0.5) is 0 Å². The molecule has 0 saturated carbocycles. The first-order valence-corrected chi connectivity index (χ1v) is 9.24. The highest BCUT2D eigenvalue weighted by atomic mass is 32.1. The Hall–Kier alpha value is -2.50. The molecule has 3 nitrogen and oxygen atoms in total. The quantitative estimate of drug-likeness (QED) is 0.565. The predicted molar refractivity (Wildman–Crippen MR) is 101 cm³/mol. The maximum atomic E-state index is 12.4. The standard InChI is InChI=1S/C19H14N2OS2/c22-19(18-9-14-4-1-2-5-17(14)24-18)21-11-13-8-15(12-20-10-13)16-6-3-7-23-16/h1-10,12H,11H2,(H,21,22). The van der Waals surface area contributed by atoms with Crippen LogP contribution < -0.4 is 5.32 Å². The van der Waals surface area contributed by atoms with Crippen molar-refractivity contribution in [1.82, 2.24) is 10.3 Å². The van der Waals surface area contributed by atoms with Crippen molar-refractivity contribution in [1.29, 1.82) is 0 Å². The smallest absolute Gasteiger partial charge is 0.261 e. The molecule has 4 aromatic rings. The number of amides is 1. The summed E-state index contributed by atoms with van der Waals surface area (Å²) in [7, 11) is 0. The second kappa shape index (κ2) is 6.55. The first-order valence-electron chi connectivity index (χ1n) is 7.54. The minimum Gasteiger partial charge on any atom is -0.347 e. The molecule has 0 unspecified atom stereocenters. The fourth-order valence-corrected chi connectivity index (χ4v) is 4.21. The van der Waals surface area contributed by atoms with E-state index in [0.29, 0.717) is 6.54 Å². The van der Waals surface area contributed by atoms with Gasteiger partial charge in [-0.05, 0) is 40.6 Å². The van der Waals surface area contributed by atoms with E-state index in [1.165, 1.54) is 16.2 Å². The Balaban J connectivity index is 1.48. The number of benzene rings is 1. The molecule has 118 valence electrons. The number of thiophene rings is 2. The highest BCUT2D eigenvalue weighted by Gasteiger charge is 2.10. The van der Waals surface area contributed by atoms with E-state index in [-0.39, 0.29) is 5.91 Å². The van der Waals surface area contributed by atoms with Gasteiger partial charge < -0.3 is 5.32 Å². The number of pyridine rings is 1. The average Bonchev–Trinajstić information content (AvgIpc) is 3.29. The Morgan fingerprint density at radius 3 is 2.83 bits per heavy atom. The molecule has 0 bridgehead atoms. The molecule has 0 aliphatic rings. The van der Waals surface area contributed by atoms with Gasteiger partial charge in [-0.2, -0.15) is 0 Å². The van der Waals surface area contributed by atoms with Crippen LogP contribution in [0.15, 0.2) is 66.3 Å². The largest absolute Gasteiger partial charge is 0.347 e. The summed E-state index contributed by atoms with van der Waals surface area (Å²) in [6, 6.07) is 16.1. The molecular weight excluding hydrogens is 336 g/mol. The van der Waals surface area contributed by atoms with Gasteiger partial charge in [0.05, 0.1) is 4.88 Å². The van der Waals surface area contributed by atoms with Crippen molar-refractivity contribution < 1.29 is 4.79 Å². The summed E-state index contributed by atoms with van der Waals surface area (Å²) in [5.41, 5.74) is 2.08. The number of rotatable bonds is 4. The number of hydrogen-bond acceptors (Lipinski definition) is 4. The topological polar surface area (TPSA) is 42.0 Å². The highest BCUT2D eigenvalue weighted by molar-refractivity contribution is 7.20. The Morgan fingerprint density at radius 1 is 1.08 bits per heavy atom. The third-order valence-electron chi connectivity index (χ3n) is 3.70. The van der Waals surface area contributed by atoms with Crippen LogP contribution in [-0.4, -0.2) is 10.9 Å². The molecule has 3 aromatic heterocycles. The molecule has 0 atom stereocenters. The van der Waals surface area contributed by atoms with Crippen LogP contribution in [0.3, 0.4) is 0 Å².